The van der Waals surface area contributed by atoms with Gasteiger partial charge >= 0.3 is 12.3 Å². The van der Waals surface area contributed by atoms with Gasteiger partial charge in [-0.25, -0.2) is 14.8 Å². The van der Waals surface area contributed by atoms with Crippen molar-refractivity contribution in [2.24, 2.45) is 0 Å². The maximum Gasteiger partial charge on any atom is 0.432 e. The number of fused-ring (bicyclic) bond motifs is 2. The van der Waals surface area contributed by atoms with E-state index in [-0.39, 0.29) is 23.6 Å². The number of alkyl halides is 3. The number of carbonyl (C=O) groups is 1. The molecule has 2 N–H and O–H groups in total. The van der Waals surface area contributed by atoms with E-state index in [1.807, 2.05) is 6.07 Å². The molecule has 1 aliphatic carbocycles. The van der Waals surface area contributed by atoms with Crippen molar-refractivity contribution in [3.05, 3.63) is 36.4 Å². The van der Waals surface area contributed by atoms with Gasteiger partial charge in [0.1, 0.15) is 23.0 Å². The number of rotatable bonds is 4. The van der Waals surface area contributed by atoms with Crippen molar-refractivity contribution in [3.63, 3.8) is 0 Å². The lowest BCUT2D eigenvalue weighted by molar-refractivity contribution is -0.0583. The number of nitrogens with one attached hydrogen (secondary N) is 2. The van der Waals surface area contributed by atoms with Gasteiger partial charge < -0.3 is 14.6 Å². The molecule has 2 aromatic heterocycles. The Bertz CT molecular complexity index is 1070. The highest BCUT2D eigenvalue weighted by molar-refractivity contribution is 5.99. The largest absolute Gasteiger partial charge is 0.441 e. The second kappa shape index (κ2) is 6.82. The Morgan fingerprint density at radius 3 is 2.87 bits per heavy atom. The molecule has 8 nitrogen and oxygen atoms in total. The predicted molar refractivity (Wildman–Crippen MR) is 106 cm³/mol. The van der Waals surface area contributed by atoms with Crippen molar-refractivity contribution < 1.29 is 22.7 Å². The molecule has 1 saturated carbocycles. The predicted octanol–water partition coefficient (Wildman–Crippen LogP) is 3.24. The lowest BCUT2D eigenvalue weighted by Gasteiger charge is -2.37. The molecule has 4 heterocycles. The fraction of sp³-hybridized carbons (Fsp3) is 0.400. The highest BCUT2D eigenvalue weighted by atomic mass is 19.4. The summed E-state index contributed by atoms with van der Waals surface area (Å²) >= 11 is 0. The average Bonchev–Trinajstić information content (AvgIpc) is 3.26. The Hall–Kier alpha value is -3.37. The van der Waals surface area contributed by atoms with Crippen LogP contribution in [0.1, 0.15) is 18.7 Å². The fourth-order valence-electron chi connectivity index (χ4n) is 4.10. The summed E-state index contributed by atoms with van der Waals surface area (Å²) < 4.78 is 42.9. The molecule has 1 amide bonds. The van der Waals surface area contributed by atoms with Crippen molar-refractivity contribution >= 4 is 23.7 Å². The van der Waals surface area contributed by atoms with E-state index in [0.29, 0.717) is 31.4 Å². The first-order valence-electron chi connectivity index (χ1n) is 9.85. The normalized spacial score (nSPS) is 22.2. The van der Waals surface area contributed by atoms with E-state index < -0.39 is 11.9 Å². The van der Waals surface area contributed by atoms with Gasteiger partial charge in [-0.2, -0.15) is 13.2 Å². The van der Waals surface area contributed by atoms with Crippen LogP contribution in [0.5, 0.6) is 0 Å². The maximum absolute atomic E-state index is 12.5. The first kappa shape index (κ1) is 19.6. The third kappa shape index (κ3) is 3.53. The summed E-state index contributed by atoms with van der Waals surface area (Å²) in [5.41, 5.74) is -0.385. The van der Waals surface area contributed by atoms with Gasteiger partial charge in [0.2, 0.25) is 0 Å². The summed E-state index contributed by atoms with van der Waals surface area (Å²) in [6, 6.07) is 3.68. The van der Waals surface area contributed by atoms with Gasteiger partial charge in [-0.05, 0) is 37.1 Å². The smallest absolute Gasteiger partial charge is 0.432 e. The summed E-state index contributed by atoms with van der Waals surface area (Å²) in [6.07, 6.45) is 1.82. The number of allylic oxidation sites excluding steroid dienone is 1. The van der Waals surface area contributed by atoms with Crippen LogP contribution in [0, 0.1) is 5.41 Å². The van der Waals surface area contributed by atoms with Crippen molar-refractivity contribution in [2.75, 3.05) is 24.5 Å². The van der Waals surface area contributed by atoms with E-state index >= 15 is 0 Å². The Morgan fingerprint density at radius 2 is 2.13 bits per heavy atom. The minimum atomic E-state index is -4.69. The van der Waals surface area contributed by atoms with Crippen molar-refractivity contribution in [3.8, 4) is 11.3 Å². The molecule has 162 valence electrons. The number of imidazole rings is 1. The Balaban J connectivity index is 1.32. The first-order valence-corrected chi connectivity index (χ1v) is 9.85. The number of nitrogens with zero attached hydrogens (tertiary/aromatic N) is 4. The molecular formula is C20H19F3N6O2. The summed E-state index contributed by atoms with van der Waals surface area (Å²) in [4.78, 5) is 27.5. The number of ether oxygens (including phenoxy) is 1. The van der Waals surface area contributed by atoms with Crippen LogP contribution >= 0.6 is 0 Å². The van der Waals surface area contributed by atoms with E-state index in [4.69, 9.17) is 10.1 Å². The van der Waals surface area contributed by atoms with E-state index in [9.17, 15) is 18.0 Å². The fourth-order valence-corrected chi connectivity index (χ4v) is 4.10. The second-order valence-electron chi connectivity index (χ2n) is 7.92. The number of aromatic nitrogens is 3. The van der Waals surface area contributed by atoms with Gasteiger partial charge in [-0.15, -0.1) is 0 Å². The number of aromatic amines is 1. The van der Waals surface area contributed by atoms with E-state index in [1.54, 1.807) is 17.2 Å². The highest BCUT2D eigenvalue weighted by Gasteiger charge is 2.63. The maximum atomic E-state index is 12.5. The van der Waals surface area contributed by atoms with Gasteiger partial charge in [-0.1, -0.05) is 0 Å². The minimum absolute atomic E-state index is 0.0204. The highest BCUT2D eigenvalue weighted by Crippen LogP contribution is 2.50. The molecule has 31 heavy (non-hydrogen) atoms. The molecule has 1 atom stereocenters. The summed E-state index contributed by atoms with van der Waals surface area (Å²) in [7, 11) is 0. The second-order valence-corrected chi connectivity index (χ2v) is 7.92. The SMILES string of the molecule is N=C(/C=C\c1ncc(-c2ccnc(N3CCN4C(=O)OC5(CC5)C4C3)c2)[nH]1)C(F)(F)F. The molecular weight excluding hydrogens is 413 g/mol. The Kier molecular flexibility index (Phi) is 4.31. The number of halogens is 3. The van der Waals surface area contributed by atoms with Crippen LogP contribution < -0.4 is 4.90 Å². The van der Waals surface area contributed by atoms with Crippen molar-refractivity contribution in [2.45, 2.75) is 30.7 Å². The zero-order valence-corrected chi connectivity index (χ0v) is 16.3. The zero-order valence-electron chi connectivity index (χ0n) is 16.3. The summed E-state index contributed by atoms with van der Waals surface area (Å²) in [5, 5.41) is 7.00. The number of carbonyl (C=O) groups excluding carboxylic acids is 1. The first-order chi connectivity index (χ1) is 14.7. The standard InChI is InChI=1S/C20H19F3N6O2/c21-20(22,23)14(24)1-2-16-26-10-13(27-16)12-3-6-25-17(9-12)28-7-8-29-15(11-28)19(4-5-19)31-18(29)30/h1-3,6,9-10,15,24H,4-5,7-8,11H2,(H,26,27)/b2-1-,24-14?. The Morgan fingerprint density at radius 1 is 1.32 bits per heavy atom. The minimum Gasteiger partial charge on any atom is -0.441 e. The number of anilines is 1. The number of pyridine rings is 1. The molecule has 0 bridgehead atoms. The summed E-state index contributed by atoms with van der Waals surface area (Å²) in [6.45, 7) is 1.84. The van der Waals surface area contributed by atoms with Gasteiger partial charge in [0.25, 0.3) is 0 Å². The zero-order chi connectivity index (χ0) is 21.8. The monoisotopic (exact) mass is 432 g/mol. The topological polar surface area (TPSA) is 98.2 Å². The molecule has 2 aliphatic heterocycles. The molecule has 1 unspecified atom stereocenters. The number of hydrogen-bond donors (Lipinski definition) is 2. The van der Waals surface area contributed by atoms with Crippen LogP contribution in [0.15, 0.2) is 30.6 Å². The lowest BCUT2D eigenvalue weighted by Crippen LogP contribution is -2.54. The number of hydrogen-bond acceptors (Lipinski definition) is 6. The van der Waals surface area contributed by atoms with E-state index in [1.165, 1.54) is 6.20 Å². The number of piperazine rings is 1. The van der Waals surface area contributed by atoms with E-state index in [2.05, 4.69) is 19.9 Å². The molecule has 0 aromatic carbocycles. The van der Waals surface area contributed by atoms with Crippen LogP contribution in [0.2, 0.25) is 0 Å². The van der Waals surface area contributed by atoms with Gasteiger partial charge in [-0.3, -0.25) is 10.3 Å². The van der Waals surface area contributed by atoms with Crippen LogP contribution in [-0.4, -0.2) is 69.1 Å². The summed E-state index contributed by atoms with van der Waals surface area (Å²) in [5.74, 6) is 0.964. The third-order valence-electron chi connectivity index (χ3n) is 5.94. The molecule has 2 aromatic rings. The van der Waals surface area contributed by atoms with Crippen LogP contribution in [-0.2, 0) is 4.74 Å². The lowest BCUT2D eigenvalue weighted by atomic mass is 10.1. The molecule has 3 fully saturated rings. The molecule has 3 aliphatic rings. The third-order valence-corrected chi connectivity index (χ3v) is 5.94. The Labute approximate surface area is 175 Å². The molecule has 2 saturated heterocycles. The van der Waals surface area contributed by atoms with E-state index in [0.717, 1.165) is 30.3 Å². The van der Waals surface area contributed by atoms with Gasteiger partial charge in [0, 0.05) is 31.4 Å². The van der Waals surface area contributed by atoms with Crippen molar-refractivity contribution in [1.82, 2.24) is 19.9 Å². The van der Waals surface area contributed by atoms with Gasteiger partial charge in [0.15, 0.2) is 0 Å². The van der Waals surface area contributed by atoms with Gasteiger partial charge in [0.05, 0.1) is 17.9 Å². The number of H-pyrrole nitrogens is 1. The quantitative estimate of drug-likeness (QED) is 0.723. The average molecular weight is 432 g/mol. The molecule has 5 rings (SSSR count). The van der Waals surface area contributed by atoms with Crippen LogP contribution in [0.25, 0.3) is 17.3 Å². The molecule has 1 spiro atoms. The molecule has 0 radical (unpaired) electrons. The van der Waals surface area contributed by atoms with Crippen LogP contribution in [0.3, 0.4) is 0 Å². The van der Waals surface area contributed by atoms with Crippen LogP contribution in [0.4, 0.5) is 23.8 Å². The molecule has 11 heteroatoms. The van der Waals surface area contributed by atoms with Crippen molar-refractivity contribution in [1.29, 1.82) is 5.41 Å². The number of amides is 1.